The number of amides is 2. The largest absolute Gasteiger partial charge is 0.480 e. The first-order valence-electron chi connectivity index (χ1n) is 6.59. The highest BCUT2D eigenvalue weighted by Gasteiger charge is 2.38. The number of aliphatic carboxylic acids is 1. The Balaban J connectivity index is 2.39. The van der Waals surface area contributed by atoms with Crippen molar-refractivity contribution in [2.45, 2.75) is 32.7 Å². The Labute approximate surface area is 121 Å². The summed E-state index contributed by atoms with van der Waals surface area (Å²) in [5, 5.41) is 15.4. The fourth-order valence-corrected chi connectivity index (χ4v) is 2.26. The highest BCUT2D eigenvalue weighted by molar-refractivity contribution is 6.01. The zero-order valence-electron chi connectivity index (χ0n) is 12.0. The molecule has 1 aromatic heterocycles. The van der Waals surface area contributed by atoms with E-state index in [1.165, 1.54) is 0 Å². The number of aromatic nitrogens is 1. The molecule has 1 aromatic rings. The van der Waals surface area contributed by atoms with Crippen molar-refractivity contribution >= 4 is 17.8 Å². The molecule has 0 aliphatic carbocycles. The minimum Gasteiger partial charge on any atom is -0.480 e. The Hall–Kier alpha value is -2.38. The van der Waals surface area contributed by atoms with Crippen LogP contribution in [0.4, 0.5) is 0 Å². The molecule has 0 spiro atoms. The van der Waals surface area contributed by atoms with Gasteiger partial charge in [-0.15, -0.1) is 0 Å². The summed E-state index contributed by atoms with van der Waals surface area (Å²) >= 11 is 0. The molecule has 1 aliphatic heterocycles. The zero-order chi connectivity index (χ0) is 15.7. The van der Waals surface area contributed by atoms with Gasteiger partial charge in [0.1, 0.15) is 18.2 Å². The van der Waals surface area contributed by atoms with Crippen molar-refractivity contribution in [1.29, 1.82) is 0 Å². The molecule has 0 saturated carbocycles. The maximum absolute atomic E-state index is 12.6. The molecular weight excluding hydrogens is 278 g/mol. The zero-order valence-corrected chi connectivity index (χ0v) is 12.0. The number of piperazine rings is 1. The number of nitrogens with one attached hydrogen (secondary N) is 1. The van der Waals surface area contributed by atoms with Crippen molar-refractivity contribution in [1.82, 2.24) is 15.4 Å². The Kier molecular flexibility index (Phi) is 3.97. The molecule has 0 bridgehead atoms. The average molecular weight is 295 g/mol. The van der Waals surface area contributed by atoms with E-state index in [-0.39, 0.29) is 30.5 Å². The number of carboxylic acid groups (broad SMARTS) is 1. The molecule has 8 nitrogen and oxygen atoms in total. The third kappa shape index (κ3) is 2.74. The van der Waals surface area contributed by atoms with Gasteiger partial charge in [-0.05, 0) is 6.92 Å². The van der Waals surface area contributed by atoms with Gasteiger partial charge in [-0.3, -0.25) is 9.59 Å². The first-order valence-corrected chi connectivity index (χ1v) is 6.59. The lowest BCUT2D eigenvalue weighted by atomic mass is 10.0. The van der Waals surface area contributed by atoms with Crippen LogP contribution < -0.4 is 5.32 Å². The Morgan fingerprint density at radius 2 is 2.14 bits per heavy atom. The fraction of sp³-hybridized carbons (Fsp3) is 0.538. The van der Waals surface area contributed by atoms with Gasteiger partial charge in [0, 0.05) is 12.5 Å². The molecule has 1 saturated heterocycles. The van der Waals surface area contributed by atoms with E-state index in [1.807, 2.05) is 13.8 Å². The van der Waals surface area contributed by atoms with Crippen LogP contribution in [0, 0.1) is 6.92 Å². The minimum atomic E-state index is -1.16. The van der Waals surface area contributed by atoms with Crippen LogP contribution in [0.25, 0.3) is 0 Å². The molecule has 2 rings (SSSR count). The second kappa shape index (κ2) is 5.55. The predicted molar refractivity (Wildman–Crippen MR) is 70.8 cm³/mol. The van der Waals surface area contributed by atoms with Crippen LogP contribution in [0.3, 0.4) is 0 Å². The summed E-state index contributed by atoms with van der Waals surface area (Å²) in [5.41, 5.74) is 0.629. The van der Waals surface area contributed by atoms with E-state index in [0.29, 0.717) is 11.5 Å². The van der Waals surface area contributed by atoms with E-state index in [2.05, 4.69) is 10.5 Å². The van der Waals surface area contributed by atoms with Crippen molar-refractivity contribution in [2.24, 2.45) is 0 Å². The number of carbonyl (C=O) groups is 3. The number of aryl methyl sites for hydroxylation is 1. The molecule has 2 N–H and O–H groups in total. The molecule has 1 aliphatic rings. The lowest BCUT2D eigenvalue weighted by Crippen LogP contribution is -2.59. The van der Waals surface area contributed by atoms with Crippen molar-refractivity contribution in [2.75, 3.05) is 13.1 Å². The first kappa shape index (κ1) is 15.0. The maximum Gasteiger partial charge on any atom is 0.328 e. The molecule has 1 fully saturated rings. The fourth-order valence-electron chi connectivity index (χ4n) is 2.26. The van der Waals surface area contributed by atoms with E-state index < -0.39 is 17.9 Å². The Morgan fingerprint density at radius 3 is 2.71 bits per heavy atom. The predicted octanol–water partition coefficient (Wildman–Crippen LogP) is 0.132. The van der Waals surface area contributed by atoms with Crippen molar-refractivity contribution in [3.05, 3.63) is 17.0 Å². The smallest absolute Gasteiger partial charge is 0.328 e. The number of hydrogen-bond acceptors (Lipinski definition) is 5. The second-order valence-electron chi connectivity index (χ2n) is 5.25. The van der Waals surface area contributed by atoms with Crippen molar-refractivity contribution < 1.29 is 24.0 Å². The quantitative estimate of drug-likeness (QED) is 0.819. The van der Waals surface area contributed by atoms with E-state index in [9.17, 15) is 19.5 Å². The molecule has 1 atom stereocenters. The molecule has 0 aromatic carbocycles. The van der Waals surface area contributed by atoms with Crippen LogP contribution in [-0.2, 0) is 9.59 Å². The summed E-state index contributed by atoms with van der Waals surface area (Å²) in [4.78, 5) is 36.4. The monoisotopic (exact) mass is 295 g/mol. The summed E-state index contributed by atoms with van der Waals surface area (Å²) in [6, 6.07) is -1.09. The van der Waals surface area contributed by atoms with Crippen molar-refractivity contribution in [3.63, 3.8) is 0 Å². The van der Waals surface area contributed by atoms with E-state index in [4.69, 9.17) is 4.52 Å². The van der Waals surface area contributed by atoms with Crippen LogP contribution in [0.15, 0.2) is 4.52 Å². The molecular formula is C13H17N3O5. The average Bonchev–Trinajstić information content (AvgIpc) is 2.79. The van der Waals surface area contributed by atoms with E-state index in [1.54, 1.807) is 6.92 Å². The van der Waals surface area contributed by atoms with Crippen LogP contribution >= 0.6 is 0 Å². The minimum absolute atomic E-state index is 0.0768. The lowest BCUT2D eigenvalue weighted by Gasteiger charge is -2.32. The van der Waals surface area contributed by atoms with Gasteiger partial charge in [-0.2, -0.15) is 0 Å². The maximum atomic E-state index is 12.6. The first-order chi connectivity index (χ1) is 9.82. The number of nitrogens with zero attached hydrogens (tertiary/aromatic N) is 2. The second-order valence-corrected chi connectivity index (χ2v) is 5.25. The van der Waals surface area contributed by atoms with Gasteiger partial charge in [0.25, 0.3) is 5.91 Å². The van der Waals surface area contributed by atoms with Crippen LogP contribution in [0.1, 0.15) is 41.6 Å². The molecule has 21 heavy (non-hydrogen) atoms. The summed E-state index contributed by atoms with van der Waals surface area (Å²) in [7, 11) is 0. The third-order valence-electron chi connectivity index (χ3n) is 3.36. The van der Waals surface area contributed by atoms with Crippen molar-refractivity contribution in [3.8, 4) is 0 Å². The Bertz CT molecular complexity index is 593. The van der Waals surface area contributed by atoms with Gasteiger partial charge in [0.05, 0.1) is 5.69 Å². The standard InChI is InChI=1S/C13H17N3O5/c1-6(2)11-10(7(3)15-21-11)12(18)16-5-9(17)14-4-8(16)13(19)20/h6,8H,4-5H2,1-3H3,(H,14,17)(H,19,20). The number of carbonyl (C=O) groups excluding carboxylic acids is 2. The third-order valence-corrected chi connectivity index (χ3v) is 3.36. The van der Waals surface area contributed by atoms with Gasteiger partial charge in [-0.25, -0.2) is 4.79 Å². The molecule has 0 radical (unpaired) electrons. The van der Waals surface area contributed by atoms with Gasteiger partial charge in [0.15, 0.2) is 5.76 Å². The van der Waals surface area contributed by atoms with Crippen LogP contribution in [-0.4, -0.2) is 52.1 Å². The summed E-state index contributed by atoms with van der Waals surface area (Å²) < 4.78 is 5.15. The normalized spacial score (nSPS) is 18.8. The van der Waals surface area contributed by atoms with Gasteiger partial charge in [0.2, 0.25) is 5.91 Å². The summed E-state index contributed by atoms with van der Waals surface area (Å²) in [6.45, 7) is 4.89. The highest BCUT2D eigenvalue weighted by Crippen LogP contribution is 2.24. The summed E-state index contributed by atoms with van der Waals surface area (Å²) in [5.74, 6) is -1.77. The molecule has 2 amide bonds. The SMILES string of the molecule is Cc1noc(C(C)C)c1C(=O)N1CC(=O)NCC1C(=O)O. The van der Waals surface area contributed by atoms with E-state index >= 15 is 0 Å². The van der Waals surface area contributed by atoms with E-state index in [0.717, 1.165) is 4.90 Å². The Morgan fingerprint density at radius 1 is 1.48 bits per heavy atom. The van der Waals surface area contributed by atoms with Crippen LogP contribution in [0.2, 0.25) is 0 Å². The molecule has 8 heteroatoms. The molecule has 114 valence electrons. The van der Waals surface area contributed by atoms with Gasteiger partial charge >= 0.3 is 5.97 Å². The molecule has 1 unspecified atom stereocenters. The molecule has 2 heterocycles. The lowest BCUT2D eigenvalue weighted by molar-refractivity contribution is -0.144. The topological polar surface area (TPSA) is 113 Å². The van der Waals surface area contributed by atoms with Crippen LogP contribution in [0.5, 0.6) is 0 Å². The highest BCUT2D eigenvalue weighted by atomic mass is 16.5. The number of hydrogen-bond donors (Lipinski definition) is 2. The summed E-state index contributed by atoms with van der Waals surface area (Å²) in [6.07, 6.45) is 0. The number of carboxylic acids is 1. The van der Waals surface area contributed by atoms with Gasteiger partial charge in [-0.1, -0.05) is 19.0 Å². The van der Waals surface area contributed by atoms with Gasteiger partial charge < -0.3 is 19.8 Å². The number of rotatable bonds is 3.